The summed E-state index contributed by atoms with van der Waals surface area (Å²) in [5.74, 6) is 0.838. The number of amides is 1. The summed E-state index contributed by atoms with van der Waals surface area (Å²) in [7, 11) is 0. The number of aliphatic carboxylic acids is 1. The normalized spacial score (nSPS) is 30.4. The lowest BCUT2D eigenvalue weighted by Crippen LogP contribution is -2.54. The second-order valence-corrected chi connectivity index (χ2v) is 5.17. The summed E-state index contributed by atoms with van der Waals surface area (Å²) >= 11 is 1.76. The summed E-state index contributed by atoms with van der Waals surface area (Å²) in [6.07, 6.45) is 0.868. The summed E-state index contributed by atoms with van der Waals surface area (Å²) in [6.45, 7) is 0.952. The van der Waals surface area contributed by atoms with Crippen molar-refractivity contribution in [3.8, 4) is 0 Å². The molecule has 0 radical (unpaired) electrons. The van der Waals surface area contributed by atoms with Crippen LogP contribution in [0.5, 0.6) is 0 Å². The fraction of sp³-hybridized carbons (Fsp3) is 0.800. The highest BCUT2D eigenvalue weighted by Gasteiger charge is 2.36. The number of rotatable bonds is 2. The SMILES string of the molecule is O=C(O)C1COCCN1C(=O)C1CCSC1. The molecule has 2 aliphatic rings. The predicted molar refractivity (Wildman–Crippen MR) is 59.4 cm³/mol. The van der Waals surface area contributed by atoms with Crippen LogP contribution in [0.25, 0.3) is 0 Å². The molecule has 1 N–H and O–H groups in total. The van der Waals surface area contributed by atoms with E-state index in [9.17, 15) is 9.59 Å². The number of carboxylic acid groups (broad SMARTS) is 1. The number of morpholine rings is 1. The second kappa shape index (κ2) is 5.05. The molecule has 0 aliphatic carbocycles. The van der Waals surface area contributed by atoms with Gasteiger partial charge in [-0.05, 0) is 12.2 Å². The van der Waals surface area contributed by atoms with Crippen LogP contribution in [0.1, 0.15) is 6.42 Å². The summed E-state index contributed by atoms with van der Waals surface area (Å²) in [5, 5.41) is 9.02. The van der Waals surface area contributed by atoms with Gasteiger partial charge in [0.15, 0.2) is 6.04 Å². The van der Waals surface area contributed by atoms with E-state index in [-0.39, 0.29) is 18.4 Å². The third-order valence-corrected chi connectivity index (χ3v) is 4.14. The number of hydrogen-bond acceptors (Lipinski definition) is 4. The van der Waals surface area contributed by atoms with Crippen molar-refractivity contribution in [2.75, 3.05) is 31.3 Å². The van der Waals surface area contributed by atoms with Gasteiger partial charge in [0.25, 0.3) is 0 Å². The Kier molecular flexibility index (Phi) is 3.70. The molecule has 5 nitrogen and oxygen atoms in total. The molecular weight excluding hydrogens is 230 g/mol. The minimum absolute atomic E-state index is 0.00458. The lowest BCUT2D eigenvalue weighted by molar-refractivity contribution is -0.159. The smallest absolute Gasteiger partial charge is 0.328 e. The van der Waals surface area contributed by atoms with Crippen molar-refractivity contribution in [3.05, 3.63) is 0 Å². The van der Waals surface area contributed by atoms with E-state index in [2.05, 4.69) is 0 Å². The molecule has 6 heteroatoms. The molecule has 2 aliphatic heterocycles. The highest BCUT2D eigenvalue weighted by molar-refractivity contribution is 7.99. The maximum atomic E-state index is 12.1. The zero-order valence-corrected chi connectivity index (χ0v) is 9.74. The lowest BCUT2D eigenvalue weighted by Gasteiger charge is -2.34. The molecule has 0 saturated carbocycles. The Balaban J connectivity index is 2.04. The Morgan fingerprint density at radius 2 is 2.25 bits per heavy atom. The molecule has 2 unspecified atom stereocenters. The van der Waals surface area contributed by atoms with Gasteiger partial charge in [-0.15, -0.1) is 0 Å². The summed E-state index contributed by atoms with van der Waals surface area (Å²) in [5.41, 5.74) is 0. The van der Waals surface area contributed by atoms with E-state index >= 15 is 0 Å². The number of thioether (sulfide) groups is 1. The highest BCUT2D eigenvalue weighted by Crippen LogP contribution is 2.26. The van der Waals surface area contributed by atoms with Gasteiger partial charge >= 0.3 is 5.97 Å². The molecule has 0 spiro atoms. The van der Waals surface area contributed by atoms with Gasteiger partial charge in [-0.2, -0.15) is 11.8 Å². The van der Waals surface area contributed by atoms with Crippen molar-refractivity contribution in [1.82, 2.24) is 4.90 Å². The predicted octanol–water partition coefficient (Wildman–Crippen LogP) is 0.0515. The van der Waals surface area contributed by atoms with Crippen LogP contribution in [0, 0.1) is 5.92 Å². The molecule has 0 aromatic rings. The Labute approximate surface area is 98.1 Å². The van der Waals surface area contributed by atoms with Crippen molar-refractivity contribution >= 4 is 23.6 Å². The van der Waals surface area contributed by atoms with E-state index in [1.165, 1.54) is 4.90 Å². The number of ether oxygens (including phenoxy) is 1. The van der Waals surface area contributed by atoms with Crippen molar-refractivity contribution in [3.63, 3.8) is 0 Å². The number of hydrogen-bond donors (Lipinski definition) is 1. The van der Waals surface area contributed by atoms with Gasteiger partial charge in [-0.3, -0.25) is 4.79 Å². The van der Waals surface area contributed by atoms with E-state index in [1.807, 2.05) is 0 Å². The molecule has 1 amide bonds. The first kappa shape index (κ1) is 11.7. The largest absolute Gasteiger partial charge is 0.480 e. The number of carbonyl (C=O) groups excluding carboxylic acids is 1. The zero-order valence-electron chi connectivity index (χ0n) is 8.92. The quantitative estimate of drug-likeness (QED) is 0.744. The van der Waals surface area contributed by atoms with Gasteiger partial charge in [0, 0.05) is 18.2 Å². The lowest BCUT2D eigenvalue weighted by atomic mass is 10.1. The maximum Gasteiger partial charge on any atom is 0.328 e. The van der Waals surface area contributed by atoms with Crippen molar-refractivity contribution < 1.29 is 19.4 Å². The molecule has 2 atom stereocenters. The molecule has 2 rings (SSSR count). The Morgan fingerprint density at radius 3 is 2.88 bits per heavy atom. The van der Waals surface area contributed by atoms with Gasteiger partial charge in [0.2, 0.25) is 5.91 Å². The number of carboxylic acids is 1. The van der Waals surface area contributed by atoms with Gasteiger partial charge < -0.3 is 14.7 Å². The molecular formula is C10H15NO4S. The van der Waals surface area contributed by atoms with Crippen molar-refractivity contribution in [1.29, 1.82) is 0 Å². The van der Waals surface area contributed by atoms with Crippen LogP contribution in [0.4, 0.5) is 0 Å². The van der Waals surface area contributed by atoms with E-state index in [0.29, 0.717) is 13.2 Å². The molecule has 0 aromatic heterocycles. The van der Waals surface area contributed by atoms with Crippen LogP contribution >= 0.6 is 11.8 Å². The van der Waals surface area contributed by atoms with E-state index in [0.717, 1.165) is 17.9 Å². The van der Waals surface area contributed by atoms with Crippen LogP contribution in [-0.2, 0) is 14.3 Å². The summed E-state index contributed by atoms with van der Waals surface area (Å²) in [6, 6.07) is -0.799. The number of nitrogens with zero attached hydrogens (tertiary/aromatic N) is 1. The average Bonchev–Trinajstić information content (AvgIpc) is 2.81. The van der Waals surface area contributed by atoms with Crippen LogP contribution < -0.4 is 0 Å². The first-order valence-electron chi connectivity index (χ1n) is 5.39. The zero-order chi connectivity index (χ0) is 11.5. The van der Waals surface area contributed by atoms with Crippen molar-refractivity contribution in [2.45, 2.75) is 12.5 Å². The van der Waals surface area contributed by atoms with Gasteiger partial charge in [0.1, 0.15) is 0 Å². The Bertz CT molecular complexity index is 291. The maximum absolute atomic E-state index is 12.1. The fourth-order valence-corrected chi connectivity index (χ4v) is 3.25. The second-order valence-electron chi connectivity index (χ2n) is 4.02. The van der Waals surface area contributed by atoms with Gasteiger partial charge in [0.05, 0.1) is 13.2 Å². The van der Waals surface area contributed by atoms with Crippen LogP contribution in [0.2, 0.25) is 0 Å². The number of carbonyl (C=O) groups is 2. The molecule has 0 bridgehead atoms. The molecule has 90 valence electrons. The molecule has 16 heavy (non-hydrogen) atoms. The van der Waals surface area contributed by atoms with E-state index in [1.54, 1.807) is 11.8 Å². The van der Waals surface area contributed by atoms with Gasteiger partial charge in [-0.1, -0.05) is 0 Å². The van der Waals surface area contributed by atoms with Gasteiger partial charge in [-0.25, -0.2) is 4.79 Å². The fourth-order valence-electron chi connectivity index (χ4n) is 2.04. The van der Waals surface area contributed by atoms with E-state index in [4.69, 9.17) is 9.84 Å². The monoisotopic (exact) mass is 245 g/mol. The molecule has 2 saturated heterocycles. The minimum Gasteiger partial charge on any atom is -0.480 e. The summed E-state index contributed by atoms with van der Waals surface area (Å²) < 4.78 is 5.11. The standard InChI is InChI=1S/C10H15NO4S/c12-9(7-1-4-16-6-7)11-2-3-15-5-8(11)10(13)14/h7-8H,1-6H2,(H,13,14). The van der Waals surface area contributed by atoms with E-state index < -0.39 is 12.0 Å². The Hall–Kier alpha value is -0.750. The average molecular weight is 245 g/mol. The summed E-state index contributed by atoms with van der Waals surface area (Å²) in [4.78, 5) is 24.6. The first-order valence-corrected chi connectivity index (χ1v) is 6.54. The van der Waals surface area contributed by atoms with Crippen LogP contribution in [0.15, 0.2) is 0 Å². The molecule has 2 fully saturated rings. The Morgan fingerprint density at radius 1 is 1.44 bits per heavy atom. The minimum atomic E-state index is -0.973. The molecule has 2 heterocycles. The first-order chi connectivity index (χ1) is 7.70. The van der Waals surface area contributed by atoms with Crippen LogP contribution in [-0.4, -0.2) is 59.2 Å². The topological polar surface area (TPSA) is 66.8 Å². The third-order valence-electron chi connectivity index (χ3n) is 2.98. The van der Waals surface area contributed by atoms with Crippen molar-refractivity contribution in [2.24, 2.45) is 5.92 Å². The van der Waals surface area contributed by atoms with Crippen LogP contribution in [0.3, 0.4) is 0 Å². The highest BCUT2D eigenvalue weighted by atomic mass is 32.2. The third kappa shape index (κ3) is 2.32. The molecule has 0 aromatic carbocycles.